The van der Waals surface area contributed by atoms with Gasteiger partial charge in [0.1, 0.15) is 5.75 Å². The van der Waals surface area contributed by atoms with Crippen molar-refractivity contribution in [1.29, 1.82) is 5.26 Å². The summed E-state index contributed by atoms with van der Waals surface area (Å²) in [5, 5.41) is 8.98. The molecule has 0 aromatic heterocycles. The Hall–Kier alpha value is -1.77. The van der Waals surface area contributed by atoms with Gasteiger partial charge in [0.05, 0.1) is 26.3 Å². The molecule has 1 aliphatic heterocycles. The van der Waals surface area contributed by atoms with Gasteiger partial charge in [0, 0.05) is 23.8 Å². The molecule has 5 heteroatoms. The number of rotatable bonds is 3. The first-order chi connectivity index (χ1) is 9.17. The zero-order valence-electron chi connectivity index (χ0n) is 11.3. The van der Waals surface area contributed by atoms with Crippen LogP contribution in [0.25, 0.3) is 0 Å². The van der Waals surface area contributed by atoms with E-state index in [1.807, 2.05) is 25.1 Å². The molecule has 1 fully saturated rings. The number of hydrogen-bond acceptors (Lipinski definition) is 5. The van der Waals surface area contributed by atoms with Crippen LogP contribution in [0.4, 0.5) is 5.69 Å². The van der Waals surface area contributed by atoms with Gasteiger partial charge in [-0.2, -0.15) is 5.26 Å². The molecular weight excluding hydrogens is 242 g/mol. The molecule has 0 spiro atoms. The summed E-state index contributed by atoms with van der Waals surface area (Å²) in [6.07, 6.45) is -0.388. The SMILES string of the molecule is COc1cccc(N2CCOC(C#N)C2)c1[C@@H](C)N. The van der Waals surface area contributed by atoms with Crippen LogP contribution in [0.2, 0.25) is 0 Å². The van der Waals surface area contributed by atoms with E-state index in [0.717, 1.165) is 23.5 Å². The Balaban J connectivity index is 2.36. The average Bonchev–Trinajstić information content (AvgIpc) is 2.46. The van der Waals surface area contributed by atoms with Gasteiger partial charge in [0.25, 0.3) is 0 Å². The van der Waals surface area contributed by atoms with E-state index in [4.69, 9.17) is 20.5 Å². The van der Waals surface area contributed by atoms with E-state index in [-0.39, 0.29) is 12.1 Å². The molecule has 0 saturated carbocycles. The first-order valence-electron chi connectivity index (χ1n) is 6.36. The molecule has 1 saturated heterocycles. The van der Waals surface area contributed by atoms with Crippen molar-refractivity contribution in [3.8, 4) is 11.8 Å². The Bertz CT molecular complexity index is 482. The van der Waals surface area contributed by atoms with Gasteiger partial charge in [0.2, 0.25) is 0 Å². The Morgan fingerprint density at radius 2 is 2.37 bits per heavy atom. The Kier molecular flexibility index (Phi) is 4.25. The second-order valence-corrected chi connectivity index (χ2v) is 4.62. The van der Waals surface area contributed by atoms with Crippen LogP contribution in [0, 0.1) is 11.3 Å². The van der Waals surface area contributed by atoms with Gasteiger partial charge in [-0.3, -0.25) is 0 Å². The fourth-order valence-electron chi connectivity index (χ4n) is 2.39. The molecule has 1 aliphatic rings. The lowest BCUT2D eigenvalue weighted by Gasteiger charge is -2.34. The second kappa shape index (κ2) is 5.91. The zero-order chi connectivity index (χ0) is 13.8. The maximum Gasteiger partial charge on any atom is 0.161 e. The van der Waals surface area contributed by atoms with E-state index in [1.54, 1.807) is 7.11 Å². The molecular formula is C14H19N3O2. The summed E-state index contributed by atoms with van der Waals surface area (Å²) in [4.78, 5) is 2.14. The lowest BCUT2D eigenvalue weighted by Crippen LogP contribution is -2.42. The predicted octanol–water partition coefficient (Wildman–Crippen LogP) is 1.44. The minimum absolute atomic E-state index is 0.130. The van der Waals surface area contributed by atoms with E-state index in [2.05, 4.69) is 11.0 Å². The lowest BCUT2D eigenvalue weighted by molar-refractivity contribution is 0.0763. The minimum Gasteiger partial charge on any atom is -0.496 e. The number of nitrogens with zero attached hydrogens (tertiary/aromatic N) is 2. The van der Waals surface area contributed by atoms with Crippen molar-refractivity contribution in [2.75, 3.05) is 31.7 Å². The molecule has 5 nitrogen and oxygen atoms in total. The molecule has 0 aliphatic carbocycles. The number of anilines is 1. The van der Waals surface area contributed by atoms with Gasteiger partial charge >= 0.3 is 0 Å². The van der Waals surface area contributed by atoms with Gasteiger partial charge in [-0.1, -0.05) is 6.07 Å². The van der Waals surface area contributed by atoms with Crippen LogP contribution in [-0.4, -0.2) is 32.9 Å². The second-order valence-electron chi connectivity index (χ2n) is 4.62. The van der Waals surface area contributed by atoms with Crippen LogP contribution in [0.1, 0.15) is 18.5 Å². The topological polar surface area (TPSA) is 71.5 Å². The highest BCUT2D eigenvalue weighted by Gasteiger charge is 2.24. The highest BCUT2D eigenvalue weighted by atomic mass is 16.5. The Morgan fingerprint density at radius 1 is 1.58 bits per heavy atom. The summed E-state index contributed by atoms with van der Waals surface area (Å²) >= 11 is 0. The Morgan fingerprint density at radius 3 is 3.00 bits per heavy atom. The third-order valence-corrected chi connectivity index (χ3v) is 3.27. The van der Waals surface area contributed by atoms with E-state index in [1.165, 1.54) is 0 Å². The summed E-state index contributed by atoms with van der Waals surface area (Å²) in [5.41, 5.74) is 8.06. The number of morpholine rings is 1. The van der Waals surface area contributed by atoms with Crippen molar-refractivity contribution in [3.05, 3.63) is 23.8 Å². The fraction of sp³-hybridized carbons (Fsp3) is 0.500. The predicted molar refractivity (Wildman–Crippen MR) is 73.2 cm³/mol. The molecule has 0 amide bonds. The van der Waals surface area contributed by atoms with Crippen molar-refractivity contribution in [1.82, 2.24) is 0 Å². The van der Waals surface area contributed by atoms with Crippen LogP contribution in [0.15, 0.2) is 18.2 Å². The standard InChI is InChI=1S/C14H19N3O2/c1-10(16)14-12(4-3-5-13(14)18-2)17-6-7-19-11(8-15)9-17/h3-5,10-11H,6-7,9,16H2,1-2H3/t10-,11?/m1/s1. The van der Waals surface area contributed by atoms with Gasteiger partial charge in [-0.05, 0) is 19.1 Å². The Labute approximate surface area is 113 Å². The number of nitrogens with two attached hydrogens (primary N) is 1. The number of methoxy groups -OCH3 is 1. The van der Waals surface area contributed by atoms with Crippen molar-refractivity contribution < 1.29 is 9.47 Å². The highest BCUT2D eigenvalue weighted by molar-refractivity contribution is 5.61. The van der Waals surface area contributed by atoms with E-state index in [0.29, 0.717) is 13.2 Å². The van der Waals surface area contributed by atoms with Crippen molar-refractivity contribution in [2.24, 2.45) is 5.73 Å². The highest BCUT2D eigenvalue weighted by Crippen LogP contribution is 2.34. The van der Waals surface area contributed by atoms with E-state index in [9.17, 15) is 0 Å². The third-order valence-electron chi connectivity index (χ3n) is 3.27. The fourth-order valence-corrected chi connectivity index (χ4v) is 2.39. The van der Waals surface area contributed by atoms with E-state index < -0.39 is 0 Å². The molecule has 1 aromatic rings. The molecule has 2 atom stereocenters. The summed E-state index contributed by atoms with van der Waals surface area (Å²) < 4.78 is 10.8. The van der Waals surface area contributed by atoms with Crippen LogP contribution in [0.3, 0.4) is 0 Å². The van der Waals surface area contributed by atoms with Gasteiger partial charge in [-0.25, -0.2) is 0 Å². The van der Waals surface area contributed by atoms with Crippen LogP contribution in [0.5, 0.6) is 5.75 Å². The summed E-state index contributed by atoms with van der Waals surface area (Å²) in [5.74, 6) is 0.785. The molecule has 0 radical (unpaired) electrons. The molecule has 0 bridgehead atoms. The van der Waals surface area contributed by atoms with Gasteiger partial charge in [0.15, 0.2) is 6.10 Å². The van der Waals surface area contributed by atoms with Crippen LogP contribution in [-0.2, 0) is 4.74 Å². The average molecular weight is 261 g/mol. The van der Waals surface area contributed by atoms with Gasteiger partial charge < -0.3 is 20.1 Å². The minimum atomic E-state index is -0.388. The quantitative estimate of drug-likeness (QED) is 0.891. The van der Waals surface area contributed by atoms with Crippen molar-refractivity contribution in [2.45, 2.75) is 19.1 Å². The monoisotopic (exact) mass is 261 g/mol. The first-order valence-corrected chi connectivity index (χ1v) is 6.36. The molecule has 1 aromatic carbocycles. The third kappa shape index (κ3) is 2.80. The maximum absolute atomic E-state index is 8.98. The van der Waals surface area contributed by atoms with E-state index >= 15 is 0 Å². The molecule has 1 unspecified atom stereocenters. The lowest BCUT2D eigenvalue weighted by atomic mass is 10.0. The first kappa shape index (κ1) is 13.7. The molecule has 2 rings (SSSR count). The maximum atomic E-state index is 8.98. The van der Waals surface area contributed by atoms with Gasteiger partial charge in [-0.15, -0.1) is 0 Å². The molecule has 1 heterocycles. The smallest absolute Gasteiger partial charge is 0.161 e. The summed E-state index contributed by atoms with van der Waals surface area (Å²) in [7, 11) is 1.64. The normalized spacial score (nSPS) is 20.7. The molecule has 2 N–H and O–H groups in total. The summed E-state index contributed by atoms with van der Waals surface area (Å²) in [6.45, 7) is 3.80. The summed E-state index contributed by atoms with van der Waals surface area (Å²) in [6, 6.07) is 7.89. The van der Waals surface area contributed by atoms with Crippen LogP contribution < -0.4 is 15.4 Å². The number of benzene rings is 1. The largest absolute Gasteiger partial charge is 0.496 e. The van der Waals surface area contributed by atoms with Crippen LogP contribution >= 0.6 is 0 Å². The van der Waals surface area contributed by atoms with Crippen molar-refractivity contribution >= 4 is 5.69 Å². The number of ether oxygens (including phenoxy) is 2. The zero-order valence-corrected chi connectivity index (χ0v) is 11.3. The number of nitriles is 1. The molecule has 19 heavy (non-hydrogen) atoms. The number of hydrogen-bond donors (Lipinski definition) is 1. The van der Waals surface area contributed by atoms with Crippen molar-refractivity contribution in [3.63, 3.8) is 0 Å². The molecule has 102 valence electrons.